The molecule has 7 nitrogen and oxygen atoms in total. The summed E-state index contributed by atoms with van der Waals surface area (Å²) in [6.45, 7) is 0.533. The second kappa shape index (κ2) is 12.4. The minimum absolute atomic E-state index is 0.0327. The molecule has 0 unspecified atom stereocenters. The van der Waals surface area contributed by atoms with Gasteiger partial charge in [0.25, 0.3) is 0 Å². The molecule has 3 aromatic rings. The van der Waals surface area contributed by atoms with Gasteiger partial charge in [0.2, 0.25) is 15.9 Å². The minimum Gasteiger partial charge on any atom is -0.467 e. The fourth-order valence-electron chi connectivity index (χ4n) is 3.36. The van der Waals surface area contributed by atoms with Gasteiger partial charge in [-0.2, -0.15) is 4.31 Å². The van der Waals surface area contributed by atoms with E-state index in [4.69, 9.17) is 32.4 Å². The van der Waals surface area contributed by atoms with Crippen molar-refractivity contribution in [1.29, 1.82) is 0 Å². The first-order valence-corrected chi connectivity index (χ1v) is 12.8. The molecule has 0 aliphatic carbocycles. The Morgan fingerprint density at radius 1 is 1.03 bits per heavy atom. The zero-order valence-electron chi connectivity index (χ0n) is 18.7. The third kappa shape index (κ3) is 7.07. The normalized spacial score (nSPS) is 11.6. The van der Waals surface area contributed by atoms with Crippen LogP contribution in [0.3, 0.4) is 0 Å². The van der Waals surface area contributed by atoms with E-state index in [2.05, 4.69) is 0 Å². The van der Waals surface area contributed by atoms with Crippen LogP contribution in [0.4, 0.5) is 0 Å². The van der Waals surface area contributed by atoms with Crippen LogP contribution in [-0.2, 0) is 32.6 Å². The predicted molar refractivity (Wildman–Crippen MR) is 131 cm³/mol. The van der Waals surface area contributed by atoms with Crippen molar-refractivity contribution >= 4 is 39.1 Å². The molecule has 182 valence electrons. The van der Waals surface area contributed by atoms with E-state index < -0.39 is 10.0 Å². The van der Waals surface area contributed by atoms with Crippen LogP contribution in [0.15, 0.2) is 76.2 Å². The topological polar surface area (TPSA) is 80.1 Å². The molecule has 0 radical (unpaired) electrons. The zero-order valence-corrected chi connectivity index (χ0v) is 21.0. The molecule has 10 heteroatoms. The van der Waals surface area contributed by atoms with Crippen LogP contribution in [0.2, 0.25) is 10.0 Å². The summed E-state index contributed by atoms with van der Waals surface area (Å²) in [7, 11) is -2.58. The van der Waals surface area contributed by atoms with Gasteiger partial charge in [-0.3, -0.25) is 4.79 Å². The van der Waals surface area contributed by atoms with Crippen LogP contribution >= 0.6 is 23.2 Å². The van der Waals surface area contributed by atoms with Crippen molar-refractivity contribution in [3.05, 3.63) is 88.3 Å². The Balaban J connectivity index is 1.88. The lowest BCUT2D eigenvalue weighted by atomic mass is 10.2. The number of rotatable bonds is 12. The average Bonchev–Trinajstić information content (AvgIpc) is 3.33. The number of methoxy groups -OCH3 is 1. The highest BCUT2D eigenvalue weighted by Crippen LogP contribution is 2.28. The highest BCUT2D eigenvalue weighted by Gasteiger charge is 2.30. The van der Waals surface area contributed by atoms with Crippen LogP contribution in [0.5, 0.6) is 0 Å². The zero-order chi connectivity index (χ0) is 24.6. The third-order valence-corrected chi connectivity index (χ3v) is 7.64. The standard InChI is InChI=1S/C24H26Cl2N2O5S/c1-32-13-6-12-28(34(30,31)23-15-20(25)10-11-22(23)26)18-24(29)27(17-21-9-5-14-33-21)16-19-7-3-2-4-8-19/h2-5,7-11,14-15H,6,12-13,16-18H2,1H3. The molecule has 0 spiro atoms. The molecule has 0 atom stereocenters. The molecule has 2 aromatic carbocycles. The number of halogens is 2. The van der Waals surface area contributed by atoms with Crippen molar-refractivity contribution in [3.8, 4) is 0 Å². The highest BCUT2D eigenvalue weighted by atomic mass is 35.5. The first-order chi connectivity index (χ1) is 16.3. The first-order valence-electron chi connectivity index (χ1n) is 10.6. The van der Waals surface area contributed by atoms with Crippen molar-refractivity contribution in [1.82, 2.24) is 9.21 Å². The SMILES string of the molecule is COCCCN(CC(=O)N(Cc1ccccc1)Cc1ccco1)S(=O)(=O)c1cc(Cl)ccc1Cl. The van der Waals surface area contributed by atoms with E-state index in [0.29, 0.717) is 25.3 Å². The van der Waals surface area contributed by atoms with Crippen LogP contribution in [0.25, 0.3) is 0 Å². The Hall–Kier alpha value is -2.36. The summed E-state index contributed by atoms with van der Waals surface area (Å²) in [6, 6.07) is 17.2. The summed E-state index contributed by atoms with van der Waals surface area (Å²) in [5.41, 5.74) is 0.911. The summed E-state index contributed by atoms with van der Waals surface area (Å²) in [5.74, 6) is 0.218. The second-order valence-electron chi connectivity index (χ2n) is 7.57. The van der Waals surface area contributed by atoms with E-state index in [1.165, 1.54) is 31.6 Å². The molecule has 34 heavy (non-hydrogen) atoms. The molecule has 3 rings (SSSR count). The van der Waals surface area contributed by atoms with E-state index in [1.54, 1.807) is 17.0 Å². The Bertz CT molecular complexity index is 1170. The first kappa shape index (κ1) is 26.2. The number of amides is 1. The van der Waals surface area contributed by atoms with Gasteiger partial charge in [-0.05, 0) is 42.3 Å². The van der Waals surface area contributed by atoms with E-state index in [-0.39, 0.29) is 40.5 Å². The number of nitrogens with zero attached hydrogens (tertiary/aromatic N) is 2. The van der Waals surface area contributed by atoms with Gasteiger partial charge >= 0.3 is 0 Å². The van der Waals surface area contributed by atoms with Crippen molar-refractivity contribution in [2.45, 2.75) is 24.4 Å². The summed E-state index contributed by atoms with van der Waals surface area (Å²) in [6.07, 6.45) is 1.93. The smallest absolute Gasteiger partial charge is 0.245 e. The van der Waals surface area contributed by atoms with Gasteiger partial charge in [0.15, 0.2) is 0 Å². The lowest BCUT2D eigenvalue weighted by Gasteiger charge is -2.27. The quantitative estimate of drug-likeness (QED) is 0.316. The highest BCUT2D eigenvalue weighted by molar-refractivity contribution is 7.89. The van der Waals surface area contributed by atoms with Crippen LogP contribution in [0.1, 0.15) is 17.7 Å². The molecular weight excluding hydrogens is 499 g/mol. The van der Waals surface area contributed by atoms with Crippen LogP contribution in [-0.4, -0.2) is 50.3 Å². The molecule has 0 aliphatic rings. The maximum atomic E-state index is 13.5. The predicted octanol–water partition coefficient (Wildman–Crippen LogP) is 4.84. The van der Waals surface area contributed by atoms with Gasteiger partial charge in [0.1, 0.15) is 10.7 Å². The number of hydrogen-bond acceptors (Lipinski definition) is 5. The summed E-state index contributed by atoms with van der Waals surface area (Å²) in [5, 5.41) is 0.264. The van der Waals surface area contributed by atoms with Crippen LogP contribution < -0.4 is 0 Å². The molecule has 1 heterocycles. The number of carbonyl (C=O) groups excluding carboxylic acids is 1. The Labute approximate surface area is 209 Å². The third-order valence-electron chi connectivity index (χ3n) is 5.07. The van der Waals surface area contributed by atoms with E-state index in [9.17, 15) is 13.2 Å². The van der Waals surface area contributed by atoms with Gasteiger partial charge in [0.05, 0.1) is 24.4 Å². The Kier molecular flexibility index (Phi) is 9.55. The molecule has 0 aliphatic heterocycles. The maximum Gasteiger partial charge on any atom is 0.245 e. The molecule has 0 bridgehead atoms. The molecular formula is C24H26Cl2N2O5S. The summed E-state index contributed by atoms with van der Waals surface area (Å²) < 4.78 is 38.6. The summed E-state index contributed by atoms with van der Waals surface area (Å²) >= 11 is 12.2. The van der Waals surface area contributed by atoms with Gasteiger partial charge in [-0.1, -0.05) is 53.5 Å². The summed E-state index contributed by atoms with van der Waals surface area (Å²) in [4.78, 5) is 14.9. The molecule has 0 fully saturated rings. The van der Waals surface area contributed by atoms with Gasteiger partial charge in [-0.25, -0.2) is 8.42 Å². The fourth-order valence-corrected chi connectivity index (χ4v) is 5.53. The monoisotopic (exact) mass is 524 g/mol. The lowest BCUT2D eigenvalue weighted by Crippen LogP contribution is -2.43. The van der Waals surface area contributed by atoms with Gasteiger partial charge in [0, 0.05) is 31.8 Å². The second-order valence-corrected chi connectivity index (χ2v) is 10.3. The number of ether oxygens (including phenoxy) is 1. The fraction of sp³-hybridized carbons (Fsp3) is 0.292. The number of benzene rings is 2. The van der Waals surface area contributed by atoms with E-state index >= 15 is 0 Å². The lowest BCUT2D eigenvalue weighted by molar-refractivity contribution is -0.133. The van der Waals surface area contributed by atoms with Crippen LogP contribution in [0, 0.1) is 0 Å². The van der Waals surface area contributed by atoms with Crippen molar-refractivity contribution in [3.63, 3.8) is 0 Å². The number of carbonyl (C=O) groups is 1. The van der Waals surface area contributed by atoms with Gasteiger partial charge in [-0.15, -0.1) is 0 Å². The Morgan fingerprint density at radius 2 is 1.79 bits per heavy atom. The molecule has 0 saturated carbocycles. The number of furan rings is 1. The van der Waals surface area contributed by atoms with Gasteiger partial charge < -0.3 is 14.1 Å². The van der Waals surface area contributed by atoms with E-state index in [0.717, 1.165) is 9.87 Å². The van der Waals surface area contributed by atoms with E-state index in [1.807, 2.05) is 30.3 Å². The Morgan fingerprint density at radius 3 is 2.47 bits per heavy atom. The molecule has 0 saturated heterocycles. The van der Waals surface area contributed by atoms with Crippen molar-refractivity contribution in [2.75, 3.05) is 26.8 Å². The largest absolute Gasteiger partial charge is 0.467 e. The maximum absolute atomic E-state index is 13.5. The molecule has 1 aromatic heterocycles. The molecule has 1 amide bonds. The molecule has 0 N–H and O–H groups in total. The van der Waals surface area contributed by atoms with Crippen molar-refractivity contribution in [2.24, 2.45) is 0 Å². The van der Waals surface area contributed by atoms with Crippen molar-refractivity contribution < 1.29 is 22.4 Å². The number of sulfonamides is 1. The number of hydrogen-bond donors (Lipinski definition) is 0. The minimum atomic E-state index is -4.11. The average molecular weight is 525 g/mol.